The Hall–Kier alpha value is -1.59. The lowest BCUT2D eigenvalue weighted by molar-refractivity contribution is -0.146. The first-order valence-electron chi connectivity index (χ1n) is 9.28. The van der Waals surface area contributed by atoms with Crippen LogP contribution in [0, 0.1) is 5.92 Å². The molecule has 0 radical (unpaired) electrons. The van der Waals surface area contributed by atoms with Crippen molar-refractivity contribution < 1.29 is 14.3 Å². The maximum absolute atomic E-state index is 12.8. The number of nitrogens with one attached hydrogen (secondary N) is 1. The van der Waals surface area contributed by atoms with E-state index < -0.39 is 5.60 Å². The van der Waals surface area contributed by atoms with Gasteiger partial charge in [-0.05, 0) is 76.9 Å². The van der Waals surface area contributed by atoms with Gasteiger partial charge in [0.2, 0.25) is 0 Å². The number of anilines is 1. The lowest BCUT2D eigenvalue weighted by Gasteiger charge is -2.37. The van der Waals surface area contributed by atoms with Gasteiger partial charge in [-0.25, -0.2) is 0 Å². The van der Waals surface area contributed by atoms with Gasteiger partial charge < -0.3 is 19.7 Å². The predicted octanol–water partition coefficient (Wildman–Crippen LogP) is 3.55. The van der Waals surface area contributed by atoms with Crippen molar-refractivity contribution in [2.24, 2.45) is 5.92 Å². The van der Waals surface area contributed by atoms with Crippen molar-refractivity contribution in [1.82, 2.24) is 4.90 Å². The molecule has 0 aromatic heterocycles. The molecular formula is C20H32N2O3. The Bertz CT molecular complexity index is 534. The first-order chi connectivity index (χ1) is 11.9. The van der Waals surface area contributed by atoms with Gasteiger partial charge in [0.15, 0.2) is 0 Å². The van der Waals surface area contributed by atoms with Crippen molar-refractivity contribution in [2.75, 3.05) is 39.2 Å². The molecule has 1 N–H and O–H groups in total. The van der Waals surface area contributed by atoms with Gasteiger partial charge in [-0.1, -0.05) is 6.92 Å². The molecule has 25 heavy (non-hydrogen) atoms. The summed E-state index contributed by atoms with van der Waals surface area (Å²) in [4.78, 5) is 14.9. The summed E-state index contributed by atoms with van der Waals surface area (Å²) in [5.74, 6) is 1.45. The van der Waals surface area contributed by atoms with Crippen LogP contribution < -0.4 is 10.1 Å². The predicted molar refractivity (Wildman–Crippen MR) is 101 cm³/mol. The Labute approximate surface area is 151 Å². The second-order valence-electron chi connectivity index (χ2n) is 7.24. The second kappa shape index (κ2) is 9.20. The van der Waals surface area contributed by atoms with Crippen LogP contribution in [0.4, 0.5) is 5.69 Å². The number of carbonyl (C=O) groups is 1. The zero-order valence-corrected chi connectivity index (χ0v) is 16.0. The highest BCUT2D eigenvalue weighted by molar-refractivity contribution is 5.97. The van der Waals surface area contributed by atoms with Gasteiger partial charge in [0, 0.05) is 18.8 Å². The smallest absolute Gasteiger partial charge is 0.256 e. The molecule has 1 aliphatic rings. The largest absolute Gasteiger partial charge is 0.492 e. The third kappa shape index (κ3) is 5.72. The minimum Gasteiger partial charge on any atom is -0.492 e. The highest BCUT2D eigenvalue weighted by atomic mass is 16.5. The number of rotatable bonds is 8. The second-order valence-corrected chi connectivity index (χ2v) is 7.24. The number of hydrogen-bond acceptors (Lipinski definition) is 4. The molecule has 1 aliphatic carbocycles. The van der Waals surface area contributed by atoms with Crippen molar-refractivity contribution in [3.05, 3.63) is 24.3 Å². The number of hydrogen-bond donors (Lipinski definition) is 1. The van der Waals surface area contributed by atoms with Crippen LogP contribution in [0.2, 0.25) is 0 Å². The number of benzene rings is 1. The first-order valence-corrected chi connectivity index (χ1v) is 9.28. The summed E-state index contributed by atoms with van der Waals surface area (Å²) in [6.07, 6.45) is 3.65. The molecule has 0 heterocycles. The van der Waals surface area contributed by atoms with Crippen LogP contribution in [-0.2, 0) is 9.53 Å². The van der Waals surface area contributed by atoms with Crippen LogP contribution in [0.1, 0.15) is 39.5 Å². The monoisotopic (exact) mass is 348 g/mol. The van der Waals surface area contributed by atoms with E-state index in [1.807, 2.05) is 45.3 Å². The molecular weight excluding hydrogens is 316 g/mol. The Morgan fingerprint density at radius 1 is 1.24 bits per heavy atom. The molecule has 0 aliphatic heterocycles. The third-order valence-electron chi connectivity index (χ3n) is 4.84. The summed E-state index contributed by atoms with van der Waals surface area (Å²) < 4.78 is 11.6. The van der Waals surface area contributed by atoms with Crippen LogP contribution in [0.25, 0.3) is 0 Å². The fraction of sp³-hybridized carbons (Fsp3) is 0.650. The molecule has 1 amide bonds. The van der Waals surface area contributed by atoms with E-state index in [4.69, 9.17) is 9.47 Å². The maximum Gasteiger partial charge on any atom is 0.256 e. The Morgan fingerprint density at radius 3 is 2.44 bits per heavy atom. The number of nitrogens with zero attached hydrogens (tertiary/aromatic N) is 1. The van der Waals surface area contributed by atoms with E-state index in [2.05, 4.69) is 17.1 Å². The summed E-state index contributed by atoms with van der Waals surface area (Å²) in [6, 6.07) is 7.55. The van der Waals surface area contributed by atoms with Gasteiger partial charge in [-0.3, -0.25) is 4.79 Å². The van der Waals surface area contributed by atoms with Gasteiger partial charge in [0.1, 0.15) is 18.0 Å². The summed E-state index contributed by atoms with van der Waals surface area (Å²) in [6.45, 7) is 6.26. The topological polar surface area (TPSA) is 50.8 Å². The quantitative estimate of drug-likeness (QED) is 0.780. The number of carbonyl (C=O) groups excluding carboxylic acids is 1. The molecule has 0 bridgehead atoms. The third-order valence-corrected chi connectivity index (χ3v) is 4.84. The van der Waals surface area contributed by atoms with Crippen LogP contribution in [0.5, 0.6) is 5.75 Å². The molecule has 0 unspecified atom stereocenters. The lowest BCUT2D eigenvalue weighted by Crippen LogP contribution is -2.48. The van der Waals surface area contributed by atoms with Gasteiger partial charge in [0.25, 0.3) is 5.91 Å². The van der Waals surface area contributed by atoms with Crippen molar-refractivity contribution >= 4 is 11.6 Å². The van der Waals surface area contributed by atoms with E-state index in [0.29, 0.717) is 19.1 Å². The molecule has 1 fully saturated rings. The molecule has 0 atom stereocenters. The minimum atomic E-state index is -0.678. The van der Waals surface area contributed by atoms with Crippen molar-refractivity contribution in [3.63, 3.8) is 0 Å². The van der Waals surface area contributed by atoms with Crippen LogP contribution in [-0.4, -0.2) is 50.3 Å². The Balaban J connectivity index is 1.94. The van der Waals surface area contributed by atoms with E-state index in [-0.39, 0.29) is 5.91 Å². The van der Waals surface area contributed by atoms with E-state index in [0.717, 1.165) is 43.7 Å². The highest BCUT2D eigenvalue weighted by Crippen LogP contribution is 2.35. The SMILES string of the molecule is CCOC1(C(=O)Nc2ccc(OCCN(C)C)cc2)CCC(C)CC1. The van der Waals surface area contributed by atoms with Crippen molar-refractivity contribution in [1.29, 1.82) is 0 Å². The van der Waals surface area contributed by atoms with Crippen molar-refractivity contribution in [3.8, 4) is 5.75 Å². The fourth-order valence-electron chi connectivity index (χ4n) is 3.17. The summed E-state index contributed by atoms with van der Waals surface area (Å²) in [7, 11) is 4.03. The zero-order valence-electron chi connectivity index (χ0n) is 16.0. The van der Waals surface area contributed by atoms with Gasteiger partial charge in [0.05, 0.1) is 0 Å². The molecule has 1 saturated carbocycles. The molecule has 0 saturated heterocycles. The van der Waals surface area contributed by atoms with Crippen molar-refractivity contribution in [2.45, 2.75) is 45.1 Å². The van der Waals surface area contributed by atoms with E-state index >= 15 is 0 Å². The average molecular weight is 348 g/mol. The Morgan fingerprint density at radius 2 is 1.88 bits per heavy atom. The molecule has 140 valence electrons. The van der Waals surface area contributed by atoms with Gasteiger partial charge in [-0.2, -0.15) is 0 Å². The molecule has 1 aromatic rings. The van der Waals surface area contributed by atoms with E-state index in [9.17, 15) is 4.79 Å². The van der Waals surface area contributed by atoms with E-state index in [1.54, 1.807) is 0 Å². The summed E-state index contributed by atoms with van der Waals surface area (Å²) in [5, 5.41) is 3.03. The number of ether oxygens (including phenoxy) is 2. The van der Waals surface area contributed by atoms with Crippen LogP contribution in [0.15, 0.2) is 24.3 Å². The maximum atomic E-state index is 12.8. The summed E-state index contributed by atoms with van der Waals surface area (Å²) >= 11 is 0. The number of likely N-dealkylation sites (N-methyl/N-ethyl adjacent to an activating group) is 1. The Kier molecular flexibility index (Phi) is 7.26. The molecule has 5 heteroatoms. The molecule has 0 spiro atoms. The molecule has 2 rings (SSSR count). The molecule has 1 aromatic carbocycles. The lowest BCUT2D eigenvalue weighted by atomic mass is 9.78. The summed E-state index contributed by atoms with van der Waals surface area (Å²) in [5.41, 5.74) is 0.102. The molecule has 5 nitrogen and oxygen atoms in total. The fourth-order valence-corrected chi connectivity index (χ4v) is 3.17. The first kappa shape index (κ1) is 19.7. The van der Waals surface area contributed by atoms with Crippen LogP contribution >= 0.6 is 0 Å². The van der Waals surface area contributed by atoms with Gasteiger partial charge >= 0.3 is 0 Å². The standard InChI is InChI=1S/C20H32N2O3/c1-5-25-20(12-10-16(2)11-13-20)19(23)21-17-6-8-18(9-7-17)24-15-14-22(3)4/h6-9,16H,5,10-15H2,1-4H3,(H,21,23). The minimum absolute atomic E-state index is 0.0254. The average Bonchev–Trinajstić information content (AvgIpc) is 2.58. The number of amides is 1. The van der Waals surface area contributed by atoms with Crippen LogP contribution in [0.3, 0.4) is 0 Å². The van der Waals surface area contributed by atoms with E-state index in [1.165, 1.54) is 0 Å². The zero-order chi connectivity index (χ0) is 18.3. The van der Waals surface area contributed by atoms with Gasteiger partial charge in [-0.15, -0.1) is 0 Å². The highest BCUT2D eigenvalue weighted by Gasteiger charge is 2.41. The normalized spacial score (nSPS) is 23.5.